The maximum absolute atomic E-state index is 12.4. The van der Waals surface area contributed by atoms with Crippen molar-refractivity contribution in [2.45, 2.75) is 20.0 Å². The number of fused-ring (bicyclic) bond motifs is 1. The van der Waals surface area contributed by atoms with E-state index in [4.69, 9.17) is 13.9 Å². The Morgan fingerprint density at radius 3 is 2.76 bits per heavy atom. The van der Waals surface area contributed by atoms with Crippen molar-refractivity contribution in [3.63, 3.8) is 0 Å². The molecule has 25 heavy (non-hydrogen) atoms. The number of furan rings is 1. The molecule has 0 spiro atoms. The van der Waals surface area contributed by atoms with Crippen molar-refractivity contribution in [2.24, 2.45) is 0 Å². The molecule has 132 valence electrons. The fourth-order valence-electron chi connectivity index (χ4n) is 2.69. The Morgan fingerprint density at radius 1 is 1.36 bits per heavy atom. The summed E-state index contributed by atoms with van der Waals surface area (Å²) in [6, 6.07) is 4.69. The summed E-state index contributed by atoms with van der Waals surface area (Å²) in [7, 11) is 1.55. The van der Waals surface area contributed by atoms with Gasteiger partial charge in [-0.15, -0.1) is 0 Å². The van der Waals surface area contributed by atoms with Crippen molar-refractivity contribution in [2.75, 3.05) is 20.2 Å². The molecule has 0 unspecified atom stereocenters. The highest BCUT2D eigenvalue weighted by atomic mass is 16.6. The monoisotopic (exact) mass is 346 g/mol. The number of esters is 1. The van der Waals surface area contributed by atoms with E-state index in [1.807, 2.05) is 0 Å². The summed E-state index contributed by atoms with van der Waals surface area (Å²) in [6.07, 6.45) is -1.10. The van der Waals surface area contributed by atoms with E-state index in [9.17, 15) is 14.4 Å². The smallest absolute Gasteiger partial charge is 0.375 e. The third-order valence-corrected chi connectivity index (χ3v) is 4.08. The molecule has 1 aliphatic heterocycles. The average molecular weight is 346 g/mol. The summed E-state index contributed by atoms with van der Waals surface area (Å²) in [6.45, 7) is 3.79. The number of urea groups is 1. The maximum atomic E-state index is 12.4. The number of nitrogens with zero attached hydrogens (tertiary/aromatic N) is 1. The van der Waals surface area contributed by atoms with Gasteiger partial charge in [0.05, 0.1) is 7.11 Å². The topological polar surface area (TPSA) is 98.1 Å². The van der Waals surface area contributed by atoms with Crippen LogP contribution in [0.25, 0.3) is 11.0 Å². The number of benzene rings is 1. The van der Waals surface area contributed by atoms with Crippen molar-refractivity contribution < 1.29 is 28.3 Å². The van der Waals surface area contributed by atoms with Gasteiger partial charge in [-0.2, -0.15) is 0 Å². The Hall–Kier alpha value is -3.03. The fraction of sp³-hybridized carbons (Fsp3) is 0.353. The molecule has 1 atom stereocenters. The minimum atomic E-state index is -1.10. The van der Waals surface area contributed by atoms with E-state index in [1.54, 1.807) is 32.2 Å². The molecule has 3 rings (SSSR count). The van der Waals surface area contributed by atoms with E-state index in [-0.39, 0.29) is 12.3 Å². The van der Waals surface area contributed by atoms with Gasteiger partial charge < -0.3 is 19.2 Å². The first kappa shape index (κ1) is 16.8. The summed E-state index contributed by atoms with van der Waals surface area (Å²) >= 11 is 0. The lowest BCUT2D eigenvalue weighted by molar-refractivity contribution is -0.136. The molecule has 0 radical (unpaired) electrons. The third-order valence-electron chi connectivity index (χ3n) is 4.08. The molecule has 0 aliphatic carbocycles. The second-order valence-corrected chi connectivity index (χ2v) is 5.69. The van der Waals surface area contributed by atoms with Gasteiger partial charge in [0.2, 0.25) is 5.76 Å². The van der Waals surface area contributed by atoms with Crippen molar-refractivity contribution in [3.8, 4) is 5.75 Å². The zero-order chi connectivity index (χ0) is 18.1. The van der Waals surface area contributed by atoms with Crippen LogP contribution in [0.5, 0.6) is 5.75 Å². The number of hydrogen-bond donors (Lipinski definition) is 1. The van der Waals surface area contributed by atoms with Crippen LogP contribution in [0.4, 0.5) is 4.79 Å². The zero-order valence-corrected chi connectivity index (χ0v) is 14.1. The van der Waals surface area contributed by atoms with Gasteiger partial charge in [0.15, 0.2) is 6.10 Å². The number of rotatable bonds is 4. The molecule has 1 aromatic carbocycles. The van der Waals surface area contributed by atoms with Crippen LogP contribution in [0.2, 0.25) is 0 Å². The number of carbonyl (C=O) groups is 3. The summed E-state index contributed by atoms with van der Waals surface area (Å²) in [5, 5.41) is 3.25. The summed E-state index contributed by atoms with van der Waals surface area (Å²) < 4.78 is 15.9. The number of hydrogen-bond acceptors (Lipinski definition) is 6. The number of amides is 3. The van der Waals surface area contributed by atoms with Gasteiger partial charge in [-0.3, -0.25) is 9.69 Å². The van der Waals surface area contributed by atoms with Crippen molar-refractivity contribution >= 4 is 28.9 Å². The van der Waals surface area contributed by atoms with Gasteiger partial charge in [0.25, 0.3) is 5.91 Å². The van der Waals surface area contributed by atoms with Crippen LogP contribution >= 0.6 is 0 Å². The van der Waals surface area contributed by atoms with Gasteiger partial charge in [0.1, 0.15) is 11.3 Å². The lowest BCUT2D eigenvalue weighted by Gasteiger charge is -2.17. The van der Waals surface area contributed by atoms with E-state index in [2.05, 4.69) is 5.32 Å². The zero-order valence-electron chi connectivity index (χ0n) is 14.1. The molecule has 1 fully saturated rings. The number of carbonyl (C=O) groups excluding carboxylic acids is 3. The highest BCUT2D eigenvalue weighted by molar-refractivity contribution is 6.00. The van der Waals surface area contributed by atoms with Crippen LogP contribution in [0.15, 0.2) is 22.6 Å². The molecule has 8 heteroatoms. The standard InChI is InChI=1S/C17H18N2O6/c1-9-12-8-11(23-3)4-5-13(12)25-14(9)16(21)24-10(2)15(20)19-7-6-18-17(19)22/h4-5,8,10H,6-7H2,1-3H3,(H,18,22)/t10-/m0/s1. The SMILES string of the molecule is COc1ccc2oc(C(=O)O[C@@H](C)C(=O)N3CCNC3=O)c(C)c2c1. The first-order valence-corrected chi connectivity index (χ1v) is 7.79. The molecule has 1 N–H and O–H groups in total. The lowest BCUT2D eigenvalue weighted by atomic mass is 10.1. The molecule has 1 saturated heterocycles. The Bertz CT molecular complexity index is 856. The maximum Gasteiger partial charge on any atom is 0.375 e. The van der Waals surface area contributed by atoms with Crippen LogP contribution in [0, 0.1) is 6.92 Å². The molecule has 2 aromatic rings. The largest absolute Gasteiger partial charge is 0.497 e. The quantitative estimate of drug-likeness (QED) is 0.849. The Morgan fingerprint density at radius 2 is 2.12 bits per heavy atom. The molecule has 8 nitrogen and oxygen atoms in total. The molecule has 1 aliphatic rings. The van der Waals surface area contributed by atoms with Gasteiger partial charge in [-0.05, 0) is 32.0 Å². The van der Waals surface area contributed by atoms with Crippen LogP contribution < -0.4 is 10.1 Å². The molecular weight excluding hydrogens is 328 g/mol. The fourth-order valence-corrected chi connectivity index (χ4v) is 2.69. The average Bonchev–Trinajstić information content (AvgIpc) is 3.17. The number of imide groups is 1. The van der Waals surface area contributed by atoms with Gasteiger partial charge in [-0.25, -0.2) is 9.59 Å². The summed E-state index contributed by atoms with van der Waals surface area (Å²) in [5.74, 6) is -0.666. The highest BCUT2D eigenvalue weighted by Crippen LogP contribution is 2.29. The Balaban J connectivity index is 1.79. The van der Waals surface area contributed by atoms with E-state index < -0.39 is 24.0 Å². The predicted molar refractivity (Wildman–Crippen MR) is 87.5 cm³/mol. The van der Waals surface area contributed by atoms with Crippen LogP contribution in [0.1, 0.15) is 23.0 Å². The van der Waals surface area contributed by atoms with E-state index in [1.165, 1.54) is 6.92 Å². The second-order valence-electron chi connectivity index (χ2n) is 5.69. The number of ether oxygens (including phenoxy) is 2. The molecule has 1 aromatic heterocycles. The predicted octanol–water partition coefficient (Wildman–Crippen LogP) is 1.85. The summed E-state index contributed by atoms with van der Waals surface area (Å²) in [5.41, 5.74) is 1.11. The highest BCUT2D eigenvalue weighted by Gasteiger charge is 2.32. The molecular formula is C17H18N2O6. The normalized spacial score (nSPS) is 15.2. The lowest BCUT2D eigenvalue weighted by Crippen LogP contribution is -2.41. The molecule has 3 amide bonds. The van der Waals surface area contributed by atoms with Crippen LogP contribution in [0.3, 0.4) is 0 Å². The first-order chi connectivity index (χ1) is 11.9. The van der Waals surface area contributed by atoms with Gasteiger partial charge in [0, 0.05) is 24.0 Å². The first-order valence-electron chi connectivity index (χ1n) is 7.79. The van der Waals surface area contributed by atoms with Crippen LogP contribution in [-0.2, 0) is 9.53 Å². The molecule has 0 bridgehead atoms. The third kappa shape index (κ3) is 3.02. The van der Waals surface area contributed by atoms with Gasteiger partial charge >= 0.3 is 12.0 Å². The van der Waals surface area contributed by atoms with Crippen molar-refractivity contribution in [1.29, 1.82) is 0 Å². The molecule has 0 saturated carbocycles. The number of methoxy groups -OCH3 is 1. The van der Waals surface area contributed by atoms with Crippen molar-refractivity contribution in [3.05, 3.63) is 29.5 Å². The van der Waals surface area contributed by atoms with Crippen LogP contribution in [-0.4, -0.2) is 49.1 Å². The second kappa shape index (κ2) is 6.46. The summed E-state index contributed by atoms with van der Waals surface area (Å²) in [4.78, 5) is 37.1. The Labute approximate surface area is 143 Å². The van der Waals surface area contributed by atoms with Gasteiger partial charge in [-0.1, -0.05) is 0 Å². The molecule has 2 heterocycles. The van der Waals surface area contributed by atoms with E-state index in [0.29, 0.717) is 23.4 Å². The van der Waals surface area contributed by atoms with E-state index >= 15 is 0 Å². The minimum Gasteiger partial charge on any atom is -0.497 e. The minimum absolute atomic E-state index is 0.0220. The number of nitrogens with one attached hydrogen (secondary N) is 1. The van der Waals surface area contributed by atoms with Crippen molar-refractivity contribution in [1.82, 2.24) is 10.2 Å². The number of aryl methyl sites for hydroxylation is 1. The Kier molecular flexibility index (Phi) is 4.35. The van der Waals surface area contributed by atoms with E-state index in [0.717, 1.165) is 10.3 Å².